The number of amides is 1. The number of aromatic nitrogens is 1. The minimum absolute atomic E-state index is 0.140. The van der Waals surface area contributed by atoms with E-state index in [0.717, 1.165) is 5.56 Å². The number of pyridine rings is 1. The van der Waals surface area contributed by atoms with E-state index < -0.39 is 24.4 Å². The molecule has 3 rings (SSSR count). The number of carbonyl (C=O) groups is 1. The van der Waals surface area contributed by atoms with E-state index in [1.165, 1.54) is 0 Å². The van der Waals surface area contributed by atoms with Crippen LogP contribution in [0.2, 0.25) is 10.2 Å². The van der Waals surface area contributed by atoms with Crippen LogP contribution in [0.4, 0.5) is 4.79 Å². The molecular formula is C22H25BCl2N2O4. The number of alkyl carbamates (subject to hydrolysis) is 1. The first-order chi connectivity index (χ1) is 14.6. The van der Waals surface area contributed by atoms with Gasteiger partial charge in [0, 0.05) is 12.7 Å². The molecule has 0 radical (unpaired) electrons. The maximum absolute atomic E-state index is 12.3. The quantitative estimate of drug-likeness (QED) is 0.464. The van der Waals surface area contributed by atoms with Crippen molar-refractivity contribution in [3.63, 3.8) is 0 Å². The first-order valence-electron chi connectivity index (χ1n) is 9.90. The zero-order chi connectivity index (χ0) is 22.6. The first kappa shape index (κ1) is 23.6. The van der Waals surface area contributed by atoms with Crippen molar-refractivity contribution in [1.82, 2.24) is 10.3 Å². The Morgan fingerprint density at radius 1 is 1.13 bits per heavy atom. The molecule has 1 saturated heterocycles. The van der Waals surface area contributed by atoms with Crippen LogP contribution in [0, 0.1) is 0 Å². The number of ether oxygens (including phenoxy) is 1. The number of benzene rings is 1. The van der Waals surface area contributed by atoms with E-state index in [2.05, 4.69) is 10.3 Å². The Balaban J connectivity index is 1.75. The van der Waals surface area contributed by atoms with Crippen molar-refractivity contribution in [1.29, 1.82) is 0 Å². The first-order valence-corrected chi connectivity index (χ1v) is 10.7. The van der Waals surface area contributed by atoms with E-state index in [1.54, 1.807) is 18.3 Å². The molecule has 2 aromatic rings. The van der Waals surface area contributed by atoms with E-state index in [-0.39, 0.29) is 18.3 Å². The third-order valence-electron chi connectivity index (χ3n) is 5.42. The lowest BCUT2D eigenvalue weighted by Gasteiger charge is -2.32. The van der Waals surface area contributed by atoms with Crippen LogP contribution in [0.5, 0.6) is 0 Å². The van der Waals surface area contributed by atoms with Gasteiger partial charge in [-0.3, -0.25) is 0 Å². The van der Waals surface area contributed by atoms with Crippen molar-refractivity contribution >= 4 is 42.5 Å². The van der Waals surface area contributed by atoms with E-state index in [0.29, 0.717) is 16.1 Å². The summed E-state index contributed by atoms with van der Waals surface area (Å²) in [5, 5.41) is 3.26. The van der Waals surface area contributed by atoms with E-state index >= 15 is 0 Å². The molecule has 1 amide bonds. The average molecular weight is 463 g/mol. The zero-order valence-electron chi connectivity index (χ0n) is 17.9. The van der Waals surface area contributed by atoms with Gasteiger partial charge in [0.05, 0.1) is 16.2 Å². The number of halogens is 2. The third kappa shape index (κ3) is 5.80. The topological polar surface area (TPSA) is 69.7 Å². The Morgan fingerprint density at radius 2 is 1.77 bits per heavy atom. The average Bonchev–Trinajstić information content (AvgIpc) is 2.94. The summed E-state index contributed by atoms with van der Waals surface area (Å²) in [4.78, 5) is 16.2. The van der Waals surface area contributed by atoms with Crippen LogP contribution in [0.15, 0.2) is 48.1 Å². The molecule has 0 unspecified atom stereocenters. The standard InChI is InChI=1S/C22H25BCl2N2O4/c1-21(2)22(3,4)31-23(30-21)17(12-16-10-11-26-19(25)18(16)24)13-27-20(28)29-14-15-8-6-5-7-9-15/h5-12H,13-14H2,1-4H3,(H,27,28). The lowest BCUT2D eigenvalue weighted by Crippen LogP contribution is -2.41. The summed E-state index contributed by atoms with van der Waals surface area (Å²) in [6.45, 7) is 8.16. The maximum Gasteiger partial charge on any atom is 0.492 e. The molecular weight excluding hydrogens is 438 g/mol. The lowest BCUT2D eigenvalue weighted by atomic mass is 9.77. The minimum Gasteiger partial charge on any atom is -0.445 e. The molecule has 1 aromatic heterocycles. The molecule has 1 aromatic carbocycles. The summed E-state index contributed by atoms with van der Waals surface area (Å²) in [6, 6.07) is 11.2. The normalized spacial score (nSPS) is 17.5. The van der Waals surface area contributed by atoms with Gasteiger partial charge in [0.15, 0.2) is 0 Å². The molecule has 0 spiro atoms. The summed E-state index contributed by atoms with van der Waals surface area (Å²) < 4.78 is 17.6. The Labute approximate surface area is 193 Å². The minimum atomic E-state index is -0.678. The monoisotopic (exact) mass is 462 g/mol. The van der Waals surface area contributed by atoms with Crippen LogP contribution in [0.25, 0.3) is 6.08 Å². The molecule has 1 aliphatic rings. The molecule has 0 bridgehead atoms. The molecule has 0 saturated carbocycles. The van der Waals surface area contributed by atoms with Gasteiger partial charge in [-0.05, 0) is 50.4 Å². The highest BCUT2D eigenvalue weighted by atomic mass is 35.5. The zero-order valence-corrected chi connectivity index (χ0v) is 19.5. The van der Waals surface area contributed by atoms with Gasteiger partial charge in [0.25, 0.3) is 0 Å². The van der Waals surface area contributed by atoms with Gasteiger partial charge in [-0.25, -0.2) is 9.78 Å². The van der Waals surface area contributed by atoms with Crippen molar-refractivity contribution in [2.24, 2.45) is 0 Å². The van der Waals surface area contributed by atoms with Gasteiger partial charge in [0.2, 0.25) is 0 Å². The van der Waals surface area contributed by atoms with Crippen molar-refractivity contribution in [2.75, 3.05) is 6.54 Å². The third-order valence-corrected chi connectivity index (χ3v) is 6.20. The van der Waals surface area contributed by atoms with Crippen LogP contribution in [0.1, 0.15) is 38.8 Å². The van der Waals surface area contributed by atoms with Crippen LogP contribution in [-0.4, -0.2) is 35.9 Å². The van der Waals surface area contributed by atoms with Gasteiger partial charge in [-0.1, -0.05) is 59.6 Å². The number of carbonyl (C=O) groups excluding carboxylic acids is 1. The Morgan fingerprint density at radius 3 is 2.42 bits per heavy atom. The predicted octanol–water partition coefficient (Wildman–Crippen LogP) is 5.33. The maximum atomic E-state index is 12.3. The fourth-order valence-corrected chi connectivity index (χ4v) is 3.22. The van der Waals surface area contributed by atoms with Gasteiger partial charge < -0.3 is 19.4 Å². The van der Waals surface area contributed by atoms with Gasteiger partial charge >= 0.3 is 13.2 Å². The molecule has 0 atom stereocenters. The van der Waals surface area contributed by atoms with Gasteiger partial charge in [-0.15, -0.1) is 0 Å². The SMILES string of the molecule is CC1(C)OB(C(=Cc2ccnc(Cl)c2Cl)CNC(=O)OCc2ccccc2)OC1(C)C. The summed E-state index contributed by atoms with van der Waals surface area (Å²) in [6.07, 6.45) is 2.80. The highest BCUT2D eigenvalue weighted by Crippen LogP contribution is 2.39. The number of rotatable bonds is 6. The predicted molar refractivity (Wildman–Crippen MR) is 123 cm³/mol. The molecule has 6 nitrogen and oxygen atoms in total. The van der Waals surface area contributed by atoms with Crippen LogP contribution >= 0.6 is 23.2 Å². The van der Waals surface area contributed by atoms with Crippen molar-refractivity contribution in [3.05, 3.63) is 69.4 Å². The summed E-state index contributed by atoms with van der Waals surface area (Å²) >= 11 is 12.4. The Hall–Kier alpha value is -2.06. The highest BCUT2D eigenvalue weighted by Gasteiger charge is 2.52. The Bertz CT molecular complexity index is 951. The largest absolute Gasteiger partial charge is 0.492 e. The number of nitrogens with one attached hydrogen (secondary N) is 1. The number of hydrogen-bond donors (Lipinski definition) is 1. The van der Waals surface area contributed by atoms with Crippen molar-refractivity contribution in [3.8, 4) is 0 Å². The van der Waals surface area contributed by atoms with E-state index in [4.69, 9.17) is 37.2 Å². The van der Waals surface area contributed by atoms with Gasteiger partial charge in [0.1, 0.15) is 11.8 Å². The second-order valence-corrected chi connectivity index (χ2v) is 8.96. The van der Waals surface area contributed by atoms with E-state index in [9.17, 15) is 4.79 Å². The number of nitrogens with zero attached hydrogens (tertiary/aromatic N) is 1. The molecule has 2 heterocycles. The second kappa shape index (κ2) is 9.61. The molecule has 1 aliphatic heterocycles. The lowest BCUT2D eigenvalue weighted by molar-refractivity contribution is 0.00578. The van der Waals surface area contributed by atoms with Crippen LogP contribution in [0.3, 0.4) is 0 Å². The fraction of sp³-hybridized carbons (Fsp3) is 0.364. The highest BCUT2D eigenvalue weighted by molar-refractivity contribution is 6.56. The van der Waals surface area contributed by atoms with Gasteiger partial charge in [-0.2, -0.15) is 0 Å². The molecule has 31 heavy (non-hydrogen) atoms. The molecule has 164 valence electrons. The molecule has 9 heteroatoms. The Kier molecular flexibility index (Phi) is 7.32. The summed E-state index contributed by atoms with van der Waals surface area (Å²) in [5.74, 6) is 0. The molecule has 1 fully saturated rings. The van der Waals surface area contributed by atoms with Crippen LogP contribution < -0.4 is 5.32 Å². The second-order valence-electron chi connectivity index (χ2n) is 8.23. The smallest absolute Gasteiger partial charge is 0.445 e. The fourth-order valence-electron chi connectivity index (χ4n) is 2.89. The summed E-state index contributed by atoms with van der Waals surface area (Å²) in [7, 11) is -0.678. The summed E-state index contributed by atoms with van der Waals surface area (Å²) in [5.41, 5.74) is 1.14. The van der Waals surface area contributed by atoms with Crippen molar-refractivity contribution in [2.45, 2.75) is 45.5 Å². The molecule has 0 aliphatic carbocycles. The molecule has 1 N–H and O–H groups in total. The van der Waals surface area contributed by atoms with E-state index in [1.807, 2.05) is 58.0 Å². The van der Waals surface area contributed by atoms with Crippen molar-refractivity contribution < 1.29 is 18.8 Å². The number of hydrogen-bond acceptors (Lipinski definition) is 5. The van der Waals surface area contributed by atoms with Crippen LogP contribution in [-0.2, 0) is 20.7 Å².